The Labute approximate surface area is 301 Å². The normalized spacial score (nSPS) is 16.5. The third kappa shape index (κ3) is 3.89. The Morgan fingerprint density at radius 2 is 1.21 bits per heavy atom. The summed E-state index contributed by atoms with van der Waals surface area (Å²) in [5, 5.41) is 13.3. The molecule has 2 atom stereocenters. The highest BCUT2D eigenvalue weighted by atomic mass is 15.2. The van der Waals surface area contributed by atoms with E-state index in [9.17, 15) is 0 Å². The van der Waals surface area contributed by atoms with E-state index in [2.05, 4.69) is 179 Å². The van der Waals surface area contributed by atoms with Crippen molar-refractivity contribution >= 4 is 38.3 Å². The van der Waals surface area contributed by atoms with Gasteiger partial charge in [-0.05, 0) is 121 Å². The van der Waals surface area contributed by atoms with E-state index in [1.54, 1.807) is 0 Å². The zero-order valence-electron chi connectivity index (χ0n) is 28.4. The second-order valence-corrected chi connectivity index (χ2v) is 14.6. The molecule has 9 aromatic rings. The van der Waals surface area contributed by atoms with E-state index in [1.807, 2.05) is 0 Å². The number of anilines is 1. The average molecular weight is 664 g/mol. The number of hydrogen-bond donors (Lipinski definition) is 2. The van der Waals surface area contributed by atoms with Crippen LogP contribution in [0.4, 0.5) is 5.69 Å². The molecule has 12 rings (SSSR count). The van der Waals surface area contributed by atoms with Crippen LogP contribution in [0.15, 0.2) is 164 Å². The number of fused-ring (bicyclic) bond motifs is 11. The van der Waals surface area contributed by atoms with Crippen molar-refractivity contribution < 1.29 is 0 Å². The summed E-state index contributed by atoms with van der Waals surface area (Å²) >= 11 is 0. The molecule has 2 N–H and O–H groups in total. The van der Waals surface area contributed by atoms with E-state index in [0.29, 0.717) is 0 Å². The third-order valence-electron chi connectivity index (χ3n) is 11.8. The molecule has 52 heavy (non-hydrogen) atoms. The van der Waals surface area contributed by atoms with Crippen LogP contribution in [0, 0.1) is 0 Å². The molecule has 0 saturated heterocycles. The maximum Gasteiger partial charge on any atom is 0.104 e. The summed E-state index contributed by atoms with van der Waals surface area (Å²) < 4.78 is 2.41. The molecule has 1 aliphatic heterocycles. The van der Waals surface area contributed by atoms with Gasteiger partial charge in [-0.15, -0.1) is 0 Å². The molecular formula is C49H33N3. The summed E-state index contributed by atoms with van der Waals surface area (Å²) in [7, 11) is 0. The van der Waals surface area contributed by atoms with Crippen molar-refractivity contribution in [3.63, 3.8) is 0 Å². The SMILES string of the molecule is c1ccc(-n2c3ccccc3c3ccc(C4NC(c5ccc6c(c5)-c5c(cc7c8c(cccc58)-c5ccccc5-7)C6)Nc5ccccc54)cc32)cc1. The average Bonchev–Trinajstić information content (AvgIpc) is 3.86. The van der Waals surface area contributed by atoms with Gasteiger partial charge in [-0.3, -0.25) is 5.32 Å². The summed E-state index contributed by atoms with van der Waals surface area (Å²) in [6, 6.07) is 60.7. The lowest BCUT2D eigenvalue weighted by atomic mass is 9.91. The van der Waals surface area contributed by atoms with Gasteiger partial charge in [0.1, 0.15) is 6.17 Å². The number of benzene rings is 8. The largest absolute Gasteiger partial charge is 0.366 e. The van der Waals surface area contributed by atoms with Crippen LogP contribution in [-0.4, -0.2) is 4.57 Å². The topological polar surface area (TPSA) is 29.0 Å². The Bertz CT molecular complexity index is 2950. The number of nitrogens with one attached hydrogen (secondary N) is 2. The van der Waals surface area contributed by atoms with Crippen molar-refractivity contribution in [2.75, 3.05) is 5.32 Å². The van der Waals surface area contributed by atoms with Crippen LogP contribution in [0.1, 0.15) is 40.0 Å². The van der Waals surface area contributed by atoms with Gasteiger partial charge in [-0.25, -0.2) is 0 Å². The zero-order valence-corrected chi connectivity index (χ0v) is 28.4. The van der Waals surface area contributed by atoms with Gasteiger partial charge in [0, 0.05) is 22.1 Å². The molecule has 3 nitrogen and oxygen atoms in total. The Balaban J connectivity index is 0.986. The highest BCUT2D eigenvalue weighted by Gasteiger charge is 2.32. The summed E-state index contributed by atoms with van der Waals surface area (Å²) in [5.74, 6) is 0. The summed E-state index contributed by atoms with van der Waals surface area (Å²) in [6.45, 7) is 0. The van der Waals surface area contributed by atoms with E-state index in [1.165, 1.54) is 105 Å². The first-order valence-corrected chi connectivity index (χ1v) is 18.3. The van der Waals surface area contributed by atoms with Crippen LogP contribution >= 0.6 is 0 Å². The standard InChI is InChI=1S/C49H33N3/c1-2-11-33(12-3-1)52-44-20-9-7-15-36(44)37-24-23-30(28-45(37)52)48-39-16-6-8-19-43(39)50-49(51-48)31-22-21-29-25-32-27-42-35-14-5-4-13-34(35)38-17-10-18-40(47(38)42)46(32)41(29)26-31/h1-24,26-28,48-51H,25H2. The third-order valence-corrected chi connectivity index (χ3v) is 11.8. The molecule has 3 aliphatic rings. The number of hydrogen-bond acceptors (Lipinski definition) is 2. The second kappa shape index (κ2) is 10.6. The lowest BCUT2D eigenvalue weighted by Crippen LogP contribution is -2.37. The van der Waals surface area contributed by atoms with Gasteiger partial charge in [-0.2, -0.15) is 0 Å². The molecule has 2 aliphatic carbocycles. The number of rotatable bonds is 3. The van der Waals surface area contributed by atoms with Crippen molar-refractivity contribution in [1.82, 2.24) is 9.88 Å². The minimum absolute atomic E-state index is 0.00758. The van der Waals surface area contributed by atoms with E-state index >= 15 is 0 Å². The Morgan fingerprint density at radius 3 is 2.13 bits per heavy atom. The molecule has 2 unspecified atom stereocenters. The van der Waals surface area contributed by atoms with E-state index in [4.69, 9.17) is 0 Å². The van der Waals surface area contributed by atoms with E-state index in [0.717, 1.165) is 6.42 Å². The van der Waals surface area contributed by atoms with Gasteiger partial charge >= 0.3 is 0 Å². The van der Waals surface area contributed by atoms with Crippen LogP contribution in [0.2, 0.25) is 0 Å². The monoisotopic (exact) mass is 663 g/mol. The molecule has 2 heterocycles. The van der Waals surface area contributed by atoms with Gasteiger partial charge in [0.25, 0.3) is 0 Å². The molecule has 244 valence electrons. The van der Waals surface area contributed by atoms with Crippen LogP contribution < -0.4 is 10.6 Å². The van der Waals surface area contributed by atoms with Crippen molar-refractivity contribution in [3.8, 4) is 39.1 Å². The quantitative estimate of drug-likeness (QED) is 0.197. The maximum atomic E-state index is 4.07. The van der Waals surface area contributed by atoms with Gasteiger partial charge < -0.3 is 9.88 Å². The number of para-hydroxylation sites is 3. The molecular weight excluding hydrogens is 631 g/mol. The Kier molecular flexibility index (Phi) is 5.74. The molecule has 0 bridgehead atoms. The molecule has 0 spiro atoms. The fourth-order valence-corrected chi connectivity index (χ4v) is 9.57. The zero-order chi connectivity index (χ0) is 33.9. The molecule has 0 fully saturated rings. The van der Waals surface area contributed by atoms with Gasteiger partial charge in [-0.1, -0.05) is 121 Å². The molecule has 0 radical (unpaired) electrons. The lowest BCUT2D eigenvalue weighted by molar-refractivity contribution is 0.506. The van der Waals surface area contributed by atoms with Gasteiger partial charge in [0.2, 0.25) is 0 Å². The highest BCUT2D eigenvalue weighted by Crippen LogP contribution is 2.53. The molecule has 3 heteroatoms. The fourth-order valence-electron chi connectivity index (χ4n) is 9.57. The number of aromatic nitrogens is 1. The first-order chi connectivity index (χ1) is 25.8. The minimum atomic E-state index is -0.0639. The van der Waals surface area contributed by atoms with Crippen LogP contribution in [0.5, 0.6) is 0 Å². The first kappa shape index (κ1) is 28.3. The predicted octanol–water partition coefficient (Wildman–Crippen LogP) is 12.0. The first-order valence-electron chi connectivity index (χ1n) is 18.3. The predicted molar refractivity (Wildman–Crippen MR) is 215 cm³/mol. The Hall–Kier alpha value is -6.42. The summed E-state index contributed by atoms with van der Waals surface area (Å²) in [6.07, 6.45) is 0.901. The van der Waals surface area contributed by atoms with Crippen molar-refractivity contribution in [1.29, 1.82) is 0 Å². The fraction of sp³-hybridized carbons (Fsp3) is 0.0612. The summed E-state index contributed by atoms with van der Waals surface area (Å²) in [5.41, 5.74) is 19.6. The molecule has 0 saturated carbocycles. The van der Waals surface area contributed by atoms with Crippen LogP contribution in [-0.2, 0) is 6.42 Å². The highest BCUT2D eigenvalue weighted by molar-refractivity contribution is 6.20. The summed E-state index contributed by atoms with van der Waals surface area (Å²) in [4.78, 5) is 0. The van der Waals surface area contributed by atoms with Crippen LogP contribution in [0.3, 0.4) is 0 Å². The van der Waals surface area contributed by atoms with E-state index < -0.39 is 0 Å². The molecule has 1 aromatic heterocycles. The molecule has 8 aromatic carbocycles. The molecule has 0 amide bonds. The van der Waals surface area contributed by atoms with Crippen LogP contribution in [0.25, 0.3) is 71.6 Å². The van der Waals surface area contributed by atoms with Crippen molar-refractivity contribution in [2.24, 2.45) is 0 Å². The van der Waals surface area contributed by atoms with Gasteiger partial charge in [0.15, 0.2) is 0 Å². The second-order valence-electron chi connectivity index (χ2n) is 14.6. The number of nitrogens with zero attached hydrogens (tertiary/aromatic N) is 1. The lowest BCUT2D eigenvalue weighted by Gasteiger charge is -2.35. The van der Waals surface area contributed by atoms with Crippen molar-refractivity contribution in [2.45, 2.75) is 18.6 Å². The minimum Gasteiger partial charge on any atom is -0.366 e. The Morgan fingerprint density at radius 1 is 0.481 bits per heavy atom. The van der Waals surface area contributed by atoms with Gasteiger partial charge in [0.05, 0.1) is 17.1 Å². The van der Waals surface area contributed by atoms with E-state index in [-0.39, 0.29) is 12.2 Å². The van der Waals surface area contributed by atoms with Crippen molar-refractivity contribution in [3.05, 3.63) is 192 Å². The maximum absolute atomic E-state index is 4.07. The smallest absolute Gasteiger partial charge is 0.104 e.